The first kappa shape index (κ1) is 30.6. The number of esters is 2. The van der Waals surface area contributed by atoms with E-state index in [0.29, 0.717) is 0 Å². The summed E-state index contributed by atoms with van der Waals surface area (Å²) in [5.74, 6) is -3.19. The minimum absolute atomic E-state index is 0.0358. The van der Waals surface area contributed by atoms with E-state index >= 15 is 0 Å². The average Bonchev–Trinajstić information content (AvgIpc) is 3.32. The summed E-state index contributed by atoms with van der Waals surface area (Å²) < 4.78 is 31.0. The van der Waals surface area contributed by atoms with E-state index in [1.807, 2.05) is 56.0 Å². The quantitative estimate of drug-likeness (QED) is 0.371. The van der Waals surface area contributed by atoms with Gasteiger partial charge in [-0.3, -0.25) is 0 Å². The highest BCUT2D eigenvalue weighted by Crippen LogP contribution is 2.53. The van der Waals surface area contributed by atoms with Crippen LogP contribution < -0.4 is 10.4 Å². The molecule has 0 bridgehead atoms. The zero-order valence-electron chi connectivity index (χ0n) is 24.8. The van der Waals surface area contributed by atoms with E-state index < -0.39 is 51.7 Å². The summed E-state index contributed by atoms with van der Waals surface area (Å²) in [6.45, 7) is 13.5. The zero-order chi connectivity index (χ0) is 29.6. The molecule has 10 heteroatoms. The third-order valence-electron chi connectivity index (χ3n) is 7.79. The molecule has 0 aromatic heterocycles. The first-order valence-electron chi connectivity index (χ1n) is 13.7. The average molecular weight is 587 g/mol. The minimum atomic E-state index is -3.06. The van der Waals surface area contributed by atoms with Gasteiger partial charge in [0.1, 0.15) is 0 Å². The van der Waals surface area contributed by atoms with E-state index in [4.69, 9.17) is 23.1 Å². The molecule has 1 spiro atoms. The van der Waals surface area contributed by atoms with Crippen LogP contribution in [0.5, 0.6) is 0 Å². The molecule has 40 heavy (non-hydrogen) atoms. The number of cyclic esters (lactones) is 1. The molecule has 2 saturated heterocycles. The minimum Gasteiger partial charge on any atom is -0.467 e. The predicted octanol–water partition coefficient (Wildman–Crippen LogP) is 3.51. The van der Waals surface area contributed by atoms with Crippen LogP contribution in [-0.4, -0.2) is 70.5 Å². The molecule has 4 rings (SSSR count). The molecule has 0 amide bonds. The van der Waals surface area contributed by atoms with E-state index in [1.165, 1.54) is 14.0 Å². The van der Waals surface area contributed by atoms with Gasteiger partial charge in [0.05, 0.1) is 13.7 Å². The van der Waals surface area contributed by atoms with Gasteiger partial charge in [0.25, 0.3) is 8.32 Å². The number of methoxy groups -OCH3 is 1. The Hall–Kier alpha value is -2.35. The van der Waals surface area contributed by atoms with Gasteiger partial charge in [0, 0.05) is 6.42 Å². The Labute approximate surface area is 239 Å². The molecule has 2 heterocycles. The maximum absolute atomic E-state index is 13.8. The number of aliphatic hydroxyl groups is 1. The van der Waals surface area contributed by atoms with Crippen LogP contribution in [0.15, 0.2) is 60.7 Å². The maximum atomic E-state index is 13.8. The summed E-state index contributed by atoms with van der Waals surface area (Å²) >= 11 is 0. The van der Waals surface area contributed by atoms with Crippen molar-refractivity contribution in [2.45, 2.75) is 88.3 Å². The number of ether oxygens (including phenoxy) is 3. The molecular weight excluding hydrogens is 544 g/mol. The highest BCUT2D eigenvalue weighted by Gasteiger charge is 2.79. The Morgan fingerprint density at radius 1 is 1.00 bits per heavy atom. The summed E-state index contributed by atoms with van der Waals surface area (Å²) in [6.07, 6.45) is -1.01. The number of benzene rings is 2. The lowest BCUT2D eigenvalue weighted by Gasteiger charge is -2.46. The van der Waals surface area contributed by atoms with Gasteiger partial charge in [-0.1, -0.05) is 81.4 Å². The van der Waals surface area contributed by atoms with Crippen LogP contribution in [0.4, 0.5) is 0 Å². The molecule has 2 aromatic rings. The largest absolute Gasteiger partial charge is 0.467 e. The van der Waals surface area contributed by atoms with Gasteiger partial charge in [-0.25, -0.2) is 9.59 Å². The van der Waals surface area contributed by atoms with Gasteiger partial charge in [-0.15, -0.1) is 0 Å². The number of carbonyl (C=O) groups excluding carboxylic acids is 2. The van der Waals surface area contributed by atoms with Crippen molar-refractivity contribution in [3.8, 4) is 0 Å². The first-order valence-corrected chi connectivity index (χ1v) is 19.0. The molecular formula is C30H42O8Si2. The number of rotatable bonds is 8. The fraction of sp³-hybridized carbons (Fsp3) is 0.533. The number of carbonyl (C=O) groups is 2. The highest BCUT2D eigenvalue weighted by molar-refractivity contribution is 6.99. The van der Waals surface area contributed by atoms with Crippen molar-refractivity contribution in [3.63, 3.8) is 0 Å². The molecule has 8 nitrogen and oxygen atoms in total. The lowest BCUT2D eigenvalue weighted by Crippen LogP contribution is -2.71. The Kier molecular flexibility index (Phi) is 8.03. The number of hydrogen-bond acceptors (Lipinski definition) is 8. The fourth-order valence-corrected chi connectivity index (χ4v) is 12.1. The lowest BCUT2D eigenvalue weighted by molar-refractivity contribution is -0.246. The summed E-state index contributed by atoms with van der Waals surface area (Å²) in [7, 11) is -4.37. The van der Waals surface area contributed by atoms with Gasteiger partial charge in [-0.05, 0) is 48.4 Å². The van der Waals surface area contributed by atoms with Crippen molar-refractivity contribution in [1.82, 2.24) is 0 Å². The van der Waals surface area contributed by atoms with Crippen molar-refractivity contribution in [3.05, 3.63) is 60.7 Å². The number of hydrogen-bond donors (Lipinski definition) is 1. The van der Waals surface area contributed by atoms with Gasteiger partial charge in [0.15, 0.2) is 20.2 Å². The van der Waals surface area contributed by atoms with E-state index in [-0.39, 0.29) is 24.5 Å². The van der Waals surface area contributed by atoms with E-state index in [2.05, 4.69) is 45.0 Å². The second-order valence-electron chi connectivity index (χ2n) is 12.9. The molecule has 2 aliphatic rings. The molecule has 2 aromatic carbocycles. The molecule has 4 atom stereocenters. The van der Waals surface area contributed by atoms with E-state index in [1.54, 1.807) is 0 Å². The summed E-state index contributed by atoms with van der Waals surface area (Å²) in [5, 5.41) is 12.6. The van der Waals surface area contributed by atoms with Crippen LogP contribution in [0.25, 0.3) is 0 Å². The maximum Gasteiger partial charge on any atom is 0.344 e. The van der Waals surface area contributed by atoms with Crippen LogP contribution in [0.3, 0.4) is 0 Å². The van der Waals surface area contributed by atoms with Crippen LogP contribution in [0, 0.1) is 0 Å². The third kappa shape index (κ3) is 4.99. The smallest absolute Gasteiger partial charge is 0.344 e. The topological polar surface area (TPSA) is 101 Å². The molecule has 218 valence electrons. The normalized spacial score (nSPS) is 29.0. The zero-order valence-corrected chi connectivity index (χ0v) is 26.8. The molecule has 2 fully saturated rings. The van der Waals surface area contributed by atoms with E-state index in [9.17, 15) is 14.7 Å². The van der Waals surface area contributed by atoms with Gasteiger partial charge in [-0.2, -0.15) is 0 Å². The predicted molar refractivity (Wildman–Crippen MR) is 156 cm³/mol. The van der Waals surface area contributed by atoms with Gasteiger partial charge in [0.2, 0.25) is 11.2 Å². The molecule has 1 unspecified atom stereocenters. The van der Waals surface area contributed by atoms with Crippen LogP contribution >= 0.6 is 0 Å². The second-order valence-corrected chi connectivity index (χ2v) is 21.6. The summed E-state index contributed by atoms with van der Waals surface area (Å²) in [5.41, 5.74) is -3.83. The van der Waals surface area contributed by atoms with Crippen molar-refractivity contribution in [1.29, 1.82) is 0 Å². The van der Waals surface area contributed by atoms with Crippen molar-refractivity contribution < 1.29 is 37.8 Å². The Balaban J connectivity index is 1.89. The molecule has 0 aliphatic carbocycles. The second kappa shape index (κ2) is 10.5. The third-order valence-corrected chi connectivity index (χ3v) is 13.7. The fourth-order valence-electron chi connectivity index (χ4n) is 6.24. The van der Waals surface area contributed by atoms with Gasteiger partial charge >= 0.3 is 11.9 Å². The molecule has 0 saturated carbocycles. The molecule has 2 aliphatic heterocycles. The molecule has 0 radical (unpaired) electrons. The van der Waals surface area contributed by atoms with Crippen molar-refractivity contribution in [2.75, 3.05) is 13.7 Å². The first-order chi connectivity index (χ1) is 18.5. The standard InChI is InChI=1S/C30H42O8Si2/c1-27(2,3)40(22-15-11-9-12-16-22,23-17-13-10-14-18-23)35-21-24-30(26(32)34-5,38-39(6,7)8)29(25(31)36-24)20-19-28(4,33)37-29/h9-18,24,33H,19-21H2,1-8H3/t24-,28?,29+,30-/m1/s1. The highest BCUT2D eigenvalue weighted by atomic mass is 28.4. The van der Waals surface area contributed by atoms with E-state index in [0.717, 1.165) is 10.4 Å². The molecule has 1 N–H and O–H groups in total. The summed E-state index contributed by atoms with van der Waals surface area (Å²) in [4.78, 5) is 27.5. The van der Waals surface area contributed by atoms with Crippen LogP contribution in [0.2, 0.25) is 24.7 Å². The Bertz CT molecular complexity index is 1180. The van der Waals surface area contributed by atoms with Crippen LogP contribution in [0.1, 0.15) is 40.5 Å². The Morgan fingerprint density at radius 3 is 1.93 bits per heavy atom. The SMILES string of the molecule is COC(=O)[C@]1(O[Si](C)(C)C)[C@@H](CO[Si](c2ccccc2)(c2ccccc2)C(C)(C)C)OC(=O)[C@@]12CCC(C)(O)O2. The monoisotopic (exact) mass is 586 g/mol. The lowest BCUT2D eigenvalue weighted by atomic mass is 9.79. The van der Waals surface area contributed by atoms with Gasteiger partial charge < -0.3 is 28.2 Å². The van der Waals surface area contributed by atoms with Crippen molar-refractivity contribution in [2.24, 2.45) is 0 Å². The van der Waals surface area contributed by atoms with Crippen LogP contribution in [-0.2, 0) is 32.7 Å². The van der Waals surface area contributed by atoms with Crippen molar-refractivity contribution >= 4 is 38.9 Å². The Morgan fingerprint density at radius 2 is 1.52 bits per heavy atom. The summed E-state index contributed by atoms with van der Waals surface area (Å²) in [6, 6.07) is 20.1.